The van der Waals surface area contributed by atoms with Crippen molar-refractivity contribution in [3.05, 3.63) is 29.6 Å². The van der Waals surface area contributed by atoms with Crippen molar-refractivity contribution in [3.8, 4) is 0 Å². The lowest BCUT2D eigenvalue weighted by atomic mass is 10.1. The summed E-state index contributed by atoms with van der Waals surface area (Å²) >= 11 is 0. The molecule has 20 heavy (non-hydrogen) atoms. The molecule has 108 valence electrons. The van der Waals surface area contributed by atoms with E-state index < -0.39 is 5.97 Å². The number of hydrogen-bond acceptors (Lipinski definition) is 2. The molecular formula is C16H22N2O2. The third kappa shape index (κ3) is 3.18. The fourth-order valence-electron chi connectivity index (χ4n) is 2.35. The molecule has 4 heteroatoms. The number of carboxylic acids is 1. The van der Waals surface area contributed by atoms with Crippen molar-refractivity contribution in [2.45, 2.75) is 46.6 Å². The van der Waals surface area contributed by atoms with Crippen molar-refractivity contribution in [2.75, 3.05) is 0 Å². The largest absolute Gasteiger partial charge is 0.481 e. The van der Waals surface area contributed by atoms with Crippen LogP contribution in [0.25, 0.3) is 11.0 Å². The number of aromatic nitrogens is 2. The second kappa shape index (κ2) is 6.07. The molecule has 0 radical (unpaired) electrons. The smallest absolute Gasteiger partial charge is 0.311 e. The van der Waals surface area contributed by atoms with Crippen LogP contribution in [-0.2, 0) is 24.2 Å². The number of carbonyl (C=O) groups is 1. The Morgan fingerprint density at radius 2 is 2.15 bits per heavy atom. The van der Waals surface area contributed by atoms with Crippen LogP contribution in [0.5, 0.6) is 0 Å². The van der Waals surface area contributed by atoms with Crippen molar-refractivity contribution in [2.24, 2.45) is 5.92 Å². The molecule has 0 bridgehead atoms. The summed E-state index contributed by atoms with van der Waals surface area (Å²) in [5, 5.41) is 9.04. The van der Waals surface area contributed by atoms with Crippen LogP contribution in [0.1, 0.15) is 38.6 Å². The van der Waals surface area contributed by atoms with Gasteiger partial charge in [-0.1, -0.05) is 26.8 Å². The lowest BCUT2D eigenvalue weighted by Crippen LogP contribution is -2.10. The van der Waals surface area contributed by atoms with E-state index in [1.807, 2.05) is 0 Å². The van der Waals surface area contributed by atoms with Crippen LogP contribution in [0.3, 0.4) is 0 Å². The van der Waals surface area contributed by atoms with Gasteiger partial charge in [0.1, 0.15) is 12.2 Å². The number of rotatable bonds is 6. The van der Waals surface area contributed by atoms with Crippen LogP contribution in [-0.4, -0.2) is 20.6 Å². The summed E-state index contributed by atoms with van der Waals surface area (Å²) in [6.45, 7) is 7.27. The van der Waals surface area contributed by atoms with Gasteiger partial charge in [0.2, 0.25) is 0 Å². The molecule has 0 unspecified atom stereocenters. The molecule has 1 aromatic heterocycles. The third-order valence-corrected chi connectivity index (χ3v) is 3.54. The van der Waals surface area contributed by atoms with Gasteiger partial charge in [0.25, 0.3) is 0 Å². The quantitative estimate of drug-likeness (QED) is 0.879. The number of nitrogens with zero attached hydrogens (tertiary/aromatic N) is 2. The molecule has 0 saturated heterocycles. The molecule has 0 aliphatic carbocycles. The summed E-state index contributed by atoms with van der Waals surface area (Å²) in [5.41, 5.74) is 3.18. The first-order chi connectivity index (χ1) is 9.51. The molecule has 2 rings (SSSR count). The molecule has 0 atom stereocenters. The van der Waals surface area contributed by atoms with Crippen molar-refractivity contribution >= 4 is 17.0 Å². The minimum Gasteiger partial charge on any atom is -0.481 e. The molecule has 0 aliphatic rings. The van der Waals surface area contributed by atoms with Crippen LogP contribution in [0.15, 0.2) is 18.2 Å². The number of aliphatic carboxylic acids is 1. The zero-order valence-electron chi connectivity index (χ0n) is 12.4. The van der Waals surface area contributed by atoms with E-state index in [0.29, 0.717) is 11.7 Å². The van der Waals surface area contributed by atoms with Gasteiger partial charge in [-0.15, -0.1) is 0 Å². The molecule has 1 aromatic carbocycles. The van der Waals surface area contributed by atoms with Crippen molar-refractivity contribution in [1.29, 1.82) is 0 Å². The Balaban J connectivity index is 2.45. The number of imidazole rings is 1. The Kier molecular flexibility index (Phi) is 4.42. The predicted molar refractivity (Wildman–Crippen MR) is 79.9 cm³/mol. The number of benzene rings is 1. The van der Waals surface area contributed by atoms with Crippen molar-refractivity contribution in [1.82, 2.24) is 9.55 Å². The normalized spacial score (nSPS) is 11.4. The number of hydrogen-bond donors (Lipinski definition) is 1. The summed E-state index contributed by atoms with van der Waals surface area (Å²) < 4.78 is 2.06. The number of carboxylic acid groups (broad SMARTS) is 1. The standard InChI is InChI=1S/C16H22N2O2/c1-4-12-5-6-14-13(9-12)17-15(10-16(19)20)18(14)8-7-11(2)3/h5-6,9,11H,4,7-8,10H2,1-3H3,(H,19,20). The molecule has 0 amide bonds. The summed E-state index contributed by atoms with van der Waals surface area (Å²) in [6, 6.07) is 6.22. The molecule has 0 fully saturated rings. The average molecular weight is 274 g/mol. The van der Waals surface area contributed by atoms with Gasteiger partial charge in [-0.3, -0.25) is 4.79 Å². The molecular weight excluding hydrogens is 252 g/mol. The van der Waals surface area contributed by atoms with E-state index >= 15 is 0 Å². The molecule has 0 aliphatic heterocycles. The van der Waals surface area contributed by atoms with Crippen LogP contribution < -0.4 is 0 Å². The Bertz CT molecular complexity index is 614. The van der Waals surface area contributed by atoms with Gasteiger partial charge in [-0.25, -0.2) is 4.98 Å². The van der Waals surface area contributed by atoms with E-state index in [9.17, 15) is 4.79 Å². The van der Waals surface area contributed by atoms with E-state index in [4.69, 9.17) is 5.11 Å². The van der Waals surface area contributed by atoms with Crippen LogP contribution in [0, 0.1) is 5.92 Å². The highest BCUT2D eigenvalue weighted by Crippen LogP contribution is 2.20. The zero-order chi connectivity index (χ0) is 14.7. The predicted octanol–water partition coefficient (Wildman–Crippen LogP) is 3.27. The lowest BCUT2D eigenvalue weighted by Gasteiger charge is -2.10. The highest BCUT2D eigenvalue weighted by Gasteiger charge is 2.14. The number of aryl methyl sites for hydroxylation is 2. The topological polar surface area (TPSA) is 55.1 Å². The Labute approximate surface area is 119 Å². The third-order valence-electron chi connectivity index (χ3n) is 3.54. The first-order valence-corrected chi connectivity index (χ1v) is 7.21. The second-order valence-electron chi connectivity index (χ2n) is 5.61. The van der Waals surface area contributed by atoms with Crippen LogP contribution in [0.4, 0.5) is 0 Å². The molecule has 0 saturated carbocycles. The van der Waals surface area contributed by atoms with Crippen molar-refractivity contribution in [3.63, 3.8) is 0 Å². The fourth-order valence-corrected chi connectivity index (χ4v) is 2.35. The first kappa shape index (κ1) is 14.6. The molecule has 0 spiro atoms. The highest BCUT2D eigenvalue weighted by molar-refractivity contribution is 5.78. The van der Waals surface area contributed by atoms with Gasteiger partial charge in [-0.2, -0.15) is 0 Å². The van der Waals surface area contributed by atoms with Gasteiger partial charge >= 0.3 is 5.97 Å². The monoisotopic (exact) mass is 274 g/mol. The van der Waals surface area contributed by atoms with Gasteiger partial charge in [0.15, 0.2) is 0 Å². The maximum Gasteiger partial charge on any atom is 0.311 e. The van der Waals surface area contributed by atoms with Crippen molar-refractivity contribution < 1.29 is 9.90 Å². The Morgan fingerprint density at radius 3 is 2.75 bits per heavy atom. The van der Waals surface area contributed by atoms with E-state index in [1.54, 1.807) is 0 Å². The highest BCUT2D eigenvalue weighted by atomic mass is 16.4. The minimum atomic E-state index is -0.832. The van der Waals surface area contributed by atoms with Crippen LogP contribution in [0.2, 0.25) is 0 Å². The first-order valence-electron chi connectivity index (χ1n) is 7.21. The Hall–Kier alpha value is -1.84. The van der Waals surface area contributed by atoms with Gasteiger partial charge < -0.3 is 9.67 Å². The van der Waals surface area contributed by atoms with E-state index in [2.05, 4.69) is 48.5 Å². The Morgan fingerprint density at radius 1 is 1.40 bits per heavy atom. The maximum atomic E-state index is 11.0. The van der Waals surface area contributed by atoms with Gasteiger partial charge in [0, 0.05) is 6.54 Å². The molecule has 2 aromatic rings. The van der Waals surface area contributed by atoms with E-state index in [0.717, 1.165) is 30.4 Å². The van der Waals surface area contributed by atoms with E-state index in [-0.39, 0.29) is 6.42 Å². The number of fused-ring (bicyclic) bond motifs is 1. The molecule has 4 nitrogen and oxygen atoms in total. The molecule has 1 heterocycles. The molecule has 1 N–H and O–H groups in total. The maximum absolute atomic E-state index is 11.0. The summed E-state index contributed by atoms with van der Waals surface area (Å²) in [5.74, 6) is 0.406. The summed E-state index contributed by atoms with van der Waals surface area (Å²) in [7, 11) is 0. The van der Waals surface area contributed by atoms with Gasteiger partial charge in [0.05, 0.1) is 11.0 Å². The van der Waals surface area contributed by atoms with Crippen LogP contribution >= 0.6 is 0 Å². The summed E-state index contributed by atoms with van der Waals surface area (Å²) in [6.07, 6.45) is 1.96. The zero-order valence-corrected chi connectivity index (χ0v) is 12.4. The summed E-state index contributed by atoms with van der Waals surface area (Å²) in [4.78, 5) is 15.5. The van der Waals surface area contributed by atoms with Gasteiger partial charge in [-0.05, 0) is 36.5 Å². The SMILES string of the molecule is CCc1ccc2c(c1)nc(CC(=O)O)n2CCC(C)C. The minimum absolute atomic E-state index is 0.0196. The second-order valence-corrected chi connectivity index (χ2v) is 5.61. The lowest BCUT2D eigenvalue weighted by molar-refractivity contribution is -0.136. The van der Waals surface area contributed by atoms with E-state index in [1.165, 1.54) is 5.56 Å². The fraction of sp³-hybridized carbons (Fsp3) is 0.500. The average Bonchev–Trinajstić information content (AvgIpc) is 2.71.